The highest BCUT2D eigenvalue weighted by atomic mass is 32.2. The largest absolute Gasteiger partial charge is 0.416 e. The minimum atomic E-state index is -4.26. The number of benzene rings is 1. The average molecular weight is 260 g/mol. The van der Waals surface area contributed by atoms with E-state index in [0.29, 0.717) is 5.75 Å². The zero-order valence-corrected chi connectivity index (χ0v) is 9.76. The van der Waals surface area contributed by atoms with Crippen LogP contribution in [0.5, 0.6) is 0 Å². The van der Waals surface area contributed by atoms with E-state index in [4.69, 9.17) is 0 Å². The fraction of sp³-hybridized carbons (Fsp3) is 0.364. The minimum Gasteiger partial charge on any atom is -0.305 e. The number of rotatable bonds is 3. The highest BCUT2D eigenvalue weighted by Crippen LogP contribution is 2.29. The Morgan fingerprint density at radius 1 is 1.24 bits per heavy atom. The third-order valence-corrected chi connectivity index (χ3v) is 3.41. The molecule has 0 amide bonds. The normalized spacial score (nSPS) is 15.6. The van der Waals surface area contributed by atoms with Gasteiger partial charge in [-0.05, 0) is 29.6 Å². The molecular weight excluding hydrogens is 249 g/mol. The molecule has 0 N–H and O–H groups in total. The molecule has 0 unspecified atom stereocenters. The molecule has 2 rings (SSSR count). The molecule has 1 aliphatic rings. The molecule has 0 radical (unpaired) electrons. The van der Waals surface area contributed by atoms with Gasteiger partial charge in [-0.25, -0.2) is 0 Å². The molecule has 0 aliphatic carbocycles. The lowest BCUT2D eigenvalue weighted by Gasteiger charge is -2.12. The maximum atomic E-state index is 12.3. The molecule has 1 aliphatic heterocycles. The molecule has 1 aromatic carbocycles. The van der Waals surface area contributed by atoms with Crippen LogP contribution < -0.4 is 0 Å². The fourth-order valence-electron chi connectivity index (χ4n) is 1.41. The van der Waals surface area contributed by atoms with Crippen LogP contribution in [0.4, 0.5) is 13.2 Å². The van der Waals surface area contributed by atoms with Crippen molar-refractivity contribution in [3.05, 3.63) is 35.4 Å². The zero-order chi connectivity index (χ0) is 12.3. The fourth-order valence-corrected chi connectivity index (χ4v) is 2.26. The summed E-state index contributed by atoms with van der Waals surface area (Å²) < 4.78 is 38.9. The van der Waals surface area contributed by atoms with E-state index in [1.54, 1.807) is 18.3 Å². The van der Waals surface area contributed by atoms with Crippen LogP contribution in [0.3, 0.4) is 0 Å². The Morgan fingerprint density at radius 2 is 1.94 bits per heavy atom. The first kappa shape index (κ1) is 12.3. The minimum absolute atomic E-state index is 0.603. The number of nitrogens with zero attached hydrogens (tertiary/aromatic N) is 2. The summed E-state index contributed by atoms with van der Waals surface area (Å²) in [6, 6.07) is 5.27. The van der Waals surface area contributed by atoms with Crippen molar-refractivity contribution in [2.75, 3.05) is 13.1 Å². The van der Waals surface area contributed by atoms with Crippen molar-refractivity contribution in [2.45, 2.75) is 11.9 Å². The van der Waals surface area contributed by atoms with Gasteiger partial charge in [0.05, 0.1) is 25.0 Å². The van der Waals surface area contributed by atoms with Crippen LogP contribution in [0.1, 0.15) is 11.1 Å². The van der Waals surface area contributed by atoms with Crippen molar-refractivity contribution in [1.29, 1.82) is 0 Å². The third-order valence-electron chi connectivity index (χ3n) is 2.34. The molecule has 2 nitrogen and oxygen atoms in total. The molecule has 0 saturated carbocycles. The second-order valence-corrected chi connectivity index (χ2v) is 4.65. The first-order valence-electron chi connectivity index (χ1n) is 5.11. The lowest BCUT2D eigenvalue weighted by Crippen LogP contribution is -2.10. The Kier molecular flexibility index (Phi) is 3.61. The number of aliphatic imine (C=N–C) groups is 1. The standard InChI is InChI=1S/C11H11F3N2S/c12-11(13,14)10-3-1-9(2-4-10)7-17-16-6-5-15-8-16/h1-4,8H,5-7H2. The molecule has 6 heteroatoms. The Balaban J connectivity index is 1.91. The van der Waals surface area contributed by atoms with Crippen LogP contribution in [0, 0.1) is 0 Å². The van der Waals surface area contributed by atoms with E-state index >= 15 is 0 Å². The second kappa shape index (κ2) is 5.00. The third kappa shape index (κ3) is 3.39. The van der Waals surface area contributed by atoms with E-state index in [0.717, 1.165) is 30.8 Å². The molecule has 0 aromatic heterocycles. The summed E-state index contributed by atoms with van der Waals surface area (Å²) in [5, 5.41) is 0. The average Bonchev–Trinajstić information content (AvgIpc) is 2.78. The lowest BCUT2D eigenvalue weighted by atomic mass is 10.1. The number of alkyl halides is 3. The molecule has 1 heterocycles. The second-order valence-electron chi connectivity index (χ2n) is 3.63. The van der Waals surface area contributed by atoms with E-state index in [1.165, 1.54) is 12.1 Å². The van der Waals surface area contributed by atoms with Gasteiger partial charge in [0.15, 0.2) is 0 Å². The summed E-state index contributed by atoms with van der Waals surface area (Å²) in [6.07, 6.45) is -2.50. The molecule has 1 aromatic rings. The van der Waals surface area contributed by atoms with Crippen molar-refractivity contribution >= 4 is 18.3 Å². The van der Waals surface area contributed by atoms with E-state index < -0.39 is 11.7 Å². The lowest BCUT2D eigenvalue weighted by molar-refractivity contribution is -0.137. The van der Waals surface area contributed by atoms with Gasteiger partial charge in [0.1, 0.15) is 0 Å². The Bertz CT molecular complexity index is 400. The summed E-state index contributed by atoms with van der Waals surface area (Å²) >= 11 is 1.55. The van der Waals surface area contributed by atoms with Gasteiger partial charge in [-0.2, -0.15) is 13.2 Å². The SMILES string of the molecule is FC(F)(F)c1ccc(CSN2C=NCC2)cc1. The van der Waals surface area contributed by atoms with Gasteiger partial charge < -0.3 is 4.31 Å². The van der Waals surface area contributed by atoms with Gasteiger partial charge in [0.2, 0.25) is 0 Å². The van der Waals surface area contributed by atoms with Crippen LogP contribution in [-0.4, -0.2) is 23.7 Å². The van der Waals surface area contributed by atoms with Gasteiger partial charge in [0, 0.05) is 5.75 Å². The van der Waals surface area contributed by atoms with Crippen LogP contribution in [0.15, 0.2) is 29.3 Å². The maximum absolute atomic E-state index is 12.3. The zero-order valence-electron chi connectivity index (χ0n) is 8.94. The summed E-state index contributed by atoms with van der Waals surface area (Å²) in [5.74, 6) is 0.657. The van der Waals surface area contributed by atoms with Crippen molar-refractivity contribution in [3.63, 3.8) is 0 Å². The molecule has 0 atom stereocenters. The number of halogens is 3. The molecular formula is C11H11F3N2S. The molecule has 0 bridgehead atoms. The maximum Gasteiger partial charge on any atom is 0.416 e. The Labute approximate surface area is 102 Å². The topological polar surface area (TPSA) is 15.6 Å². The van der Waals surface area contributed by atoms with Crippen LogP contribution in [0.25, 0.3) is 0 Å². The van der Waals surface area contributed by atoms with Crippen molar-refractivity contribution in [3.8, 4) is 0 Å². The van der Waals surface area contributed by atoms with Gasteiger partial charge in [-0.1, -0.05) is 12.1 Å². The molecule has 17 heavy (non-hydrogen) atoms. The first-order chi connectivity index (χ1) is 8.05. The van der Waals surface area contributed by atoms with Gasteiger partial charge in [0.25, 0.3) is 0 Å². The van der Waals surface area contributed by atoms with E-state index in [2.05, 4.69) is 4.99 Å². The monoisotopic (exact) mass is 260 g/mol. The Morgan fingerprint density at radius 3 is 2.47 bits per heavy atom. The van der Waals surface area contributed by atoms with Crippen LogP contribution in [-0.2, 0) is 11.9 Å². The Hall–Kier alpha value is -1.17. The van der Waals surface area contributed by atoms with Crippen molar-refractivity contribution < 1.29 is 13.2 Å². The summed E-state index contributed by atoms with van der Waals surface area (Å²) in [7, 11) is 0. The summed E-state index contributed by atoms with van der Waals surface area (Å²) in [6.45, 7) is 1.66. The van der Waals surface area contributed by atoms with Gasteiger partial charge in [-0.15, -0.1) is 0 Å². The van der Waals surface area contributed by atoms with E-state index in [-0.39, 0.29) is 0 Å². The predicted molar refractivity (Wildman–Crippen MR) is 62.8 cm³/mol. The molecule has 0 saturated heterocycles. The number of hydrogen-bond donors (Lipinski definition) is 0. The smallest absolute Gasteiger partial charge is 0.305 e. The quantitative estimate of drug-likeness (QED) is 0.776. The van der Waals surface area contributed by atoms with Crippen LogP contribution >= 0.6 is 11.9 Å². The van der Waals surface area contributed by atoms with Crippen molar-refractivity contribution in [1.82, 2.24) is 4.31 Å². The number of hydrogen-bond acceptors (Lipinski definition) is 3. The van der Waals surface area contributed by atoms with E-state index in [1.807, 2.05) is 4.31 Å². The highest BCUT2D eigenvalue weighted by Gasteiger charge is 2.29. The summed E-state index contributed by atoms with van der Waals surface area (Å²) in [4.78, 5) is 4.05. The van der Waals surface area contributed by atoms with Crippen molar-refractivity contribution in [2.24, 2.45) is 4.99 Å². The molecule has 0 fully saturated rings. The van der Waals surface area contributed by atoms with Crippen LogP contribution in [0.2, 0.25) is 0 Å². The highest BCUT2D eigenvalue weighted by molar-refractivity contribution is 7.96. The predicted octanol–water partition coefficient (Wildman–Crippen LogP) is 3.20. The molecule has 92 valence electrons. The first-order valence-corrected chi connectivity index (χ1v) is 6.05. The van der Waals surface area contributed by atoms with Gasteiger partial charge in [-0.3, -0.25) is 4.99 Å². The summed E-state index contributed by atoms with van der Waals surface area (Å²) in [5.41, 5.74) is 0.275. The van der Waals surface area contributed by atoms with E-state index in [9.17, 15) is 13.2 Å². The molecule has 0 spiro atoms. The van der Waals surface area contributed by atoms with Gasteiger partial charge >= 0.3 is 6.18 Å².